The molecule has 0 N–H and O–H groups in total. The number of hydrogen-bond acceptors (Lipinski definition) is 0. The Morgan fingerprint density at radius 2 is 0.980 bits per heavy atom. The molecule has 1 aliphatic carbocycles. The van der Waals surface area contributed by atoms with Crippen LogP contribution in [0, 0.1) is 0 Å². The Bertz CT molecular complexity index is 2780. The topological polar surface area (TPSA) is 0 Å². The van der Waals surface area contributed by atoms with Gasteiger partial charge in [0.1, 0.15) is 0 Å². The molecule has 0 heteroatoms. The lowest BCUT2D eigenvalue weighted by molar-refractivity contribution is 0.666. The van der Waals surface area contributed by atoms with Crippen LogP contribution in [-0.2, 0) is 5.41 Å². The van der Waals surface area contributed by atoms with E-state index in [4.69, 9.17) is 0 Å². The number of fused-ring (bicyclic) bond motifs is 9. The summed E-state index contributed by atoms with van der Waals surface area (Å²) in [6.07, 6.45) is 0. The zero-order valence-electron chi connectivity index (χ0n) is 27.7. The van der Waals surface area contributed by atoms with Gasteiger partial charge in [-0.05, 0) is 111 Å². The molecule has 0 amide bonds. The normalized spacial score (nSPS) is 13.3. The first-order valence-electron chi connectivity index (χ1n) is 17.3. The Kier molecular flexibility index (Phi) is 6.02. The van der Waals surface area contributed by atoms with Gasteiger partial charge in [-0.3, -0.25) is 0 Å². The average molecular weight is 623 g/mol. The van der Waals surface area contributed by atoms with Crippen LogP contribution in [0.4, 0.5) is 0 Å². The zero-order valence-corrected chi connectivity index (χ0v) is 27.7. The van der Waals surface area contributed by atoms with E-state index in [1.165, 1.54) is 98.7 Å². The highest BCUT2D eigenvalue weighted by Gasteiger charge is 2.36. The maximum absolute atomic E-state index is 2.40. The molecule has 1 aliphatic rings. The molecule has 0 fully saturated rings. The van der Waals surface area contributed by atoms with Gasteiger partial charge in [0.2, 0.25) is 0 Å². The molecular formula is C49H34. The molecule has 0 atom stereocenters. The molecule has 230 valence electrons. The maximum atomic E-state index is 2.40. The first-order valence-corrected chi connectivity index (χ1v) is 17.3. The van der Waals surface area contributed by atoms with Crippen LogP contribution in [0.3, 0.4) is 0 Å². The van der Waals surface area contributed by atoms with E-state index in [9.17, 15) is 0 Å². The van der Waals surface area contributed by atoms with Gasteiger partial charge in [0.05, 0.1) is 0 Å². The van der Waals surface area contributed by atoms with Gasteiger partial charge in [0, 0.05) is 5.41 Å². The van der Waals surface area contributed by atoms with Crippen molar-refractivity contribution in [2.24, 2.45) is 0 Å². The van der Waals surface area contributed by atoms with Crippen LogP contribution in [-0.4, -0.2) is 0 Å². The van der Waals surface area contributed by atoms with Crippen molar-refractivity contribution in [1.29, 1.82) is 0 Å². The highest BCUT2D eigenvalue weighted by atomic mass is 14.4. The lowest BCUT2D eigenvalue weighted by atomic mass is 9.80. The second-order valence-corrected chi connectivity index (χ2v) is 14.0. The predicted molar refractivity (Wildman–Crippen MR) is 210 cm³/mol. The third-order valence-electron chi connectivity index (χ3n) is 11.0. The Balaban J connectivity index is 1.21. The number of hydrogen-bond donors (Lipinski definition) is 0. The fourth-order valence-corrected chi connectivity index (χ4v) is 8.82. The van der Waals surface area contributed by atoms with Crippen molar-refractivity contribution < 1.29 is 0 Å². The standard InChI is InChI=1S/C49H34/c1-49(2)44-22-11-10-19-39(44)42-27-25-35-29-34(24-26-38(35)48(42)49)33-16-12-17-36(30-33)46-41-21-9-8-20-40(41)45(32-14-4-3-5-15-32)43-28-23-31-13-6-7-18-37(31)47(43)46/h3-30H,1-2H3. The molecule has 0 radical (unpaired) electrons. The summed E-state index contributed by atoms with van der Waals surface area (Å²) in [5.74, 6) is 0. The minimum atomic E-state index is -0.0380. The summed E-state index contributed by atoms with van der Waals surface area (Å²) in [6.45, 7) is 4.74. The van der Waals surface area contributed by atoms with E-state index in [0.29, 0.717) is 0 Å². The summed E-state index contributed by atoms with van der Waals surface area (Å²) >= 11 is 0. The van der Waals surface area contributed by atoms with E-state index in [1.807, 2.05) is 0 Å². The molecule has 0 unspecified atom stereocenters. The third-order valence-corrected chi connectivity index (χ3v) is 11.0. The van der Waals surface area contributed by atoms with Crippen LogP contribution in [0.15, 0.2) is 170 Å². The SMILES string of the molecule is CC1(C)c2ccccc2-c2ccc3cc(-c4cccc(-c5c6ccccc6c(-c6ccccc6)c6ccc7ccccc7c56)c4)ccc3c21. The van der Waals surface area contributed by atoms with Gasteiger partial charge in [0.15, 0.2) is 0 Å². The van der Waals surface area contributed by atoms with Crippen molar-refractivity contribution in [3.8, 4) is 44.5 Å². The monoisotopic (exact) mass is 622 g/mol. The maximum Gasteiger partial charge on any atom is 0.0165 e. The van der Waals surface area contributed by atoms with Gasteiger partial charge in [-0.15, -0.1) is 0 Å². The van der Waals surface area contributed by atoms with Crippen LogP contribution >= 0.6 is 0 Å². The highest BCUT2D eigenvalue weighted by molar-refractivity contribution is 6.28. The van der Waals surface area contributed by atoms with Crippen molar-refractivity contribution in [3.63, 3.8) is 0 Å². The van der Waals surface area contributed by atoms with Crippen LogP contribution < -0.4 is 0 Å². The quantitative estimate of drug-likeness (QED) is 0.136. The predicted octanol–water partition coefficient (Wildman–Crippen LogP) is 13.6. The summed E-state index contributed by atoms with van der Waals surface area (Å²) in [5, 5.41) is 10.3. The van der Waals surface area contributed by atoms with Crippen molar-refractivity contribution in [1.82, 2.24) is 0 Å². The summed E-state index contributed by atoms with van der Waals surface area (Å²) in [4.78, 5) is 0. The van der Waals surface area contributed by atoms with Crippen molar-refractivity contribution >= 4 is 43.1 Å². The van der Waals surface area contributed by atoms with E-state index in [2.05, 4.69) is 184 Å². The van der Waals surface area contributed by atoms with E-state index >= 15 is 0 Å². The fraction of sp³-hybridized carbons (Fsp3) is 0.0612. The molecule has 0 heterocycles. The van der Waals surface area contributed by atoms with E-state index in [-0.39, 0.29) is 5.41 Å². The number of rotatable bonds is 3. The molecule has 9 aromatic carbocycles. The zero-order chi connectivity index (χ0) is 32.7. The Labute approximate surface area is 286 Å². The van der Waals surface area contributed by atoms with Crippen LogP contribution in [0.25, 0.3) is 87.6 Å². The van der Waals surface area contributed by atoms with Crippen LogP contribution in [0.2, 0.25) is 0 Å². The second kappa shape index (κ2) is 10.5. The summed E-state index contributed by atoms with van der Waals surface area (Å²) in [6, 6.07) is 63.1. The molecule has 0 saturated heterocycles. The van der Waals surface area contributed by atoms with E-state index < -0.39 is 0 Å². The minimum absolute atomic E-state index is 0.0380. The van der Waals surface area contributed by atoms with Crippen LogP contribution in [0.1, 0.15) is 25.0 Å². The van der Waals surface area contributed by atoms with Crippen molar-refractivity contribution in [2.75, 3.05) is 0 Å². The molecule has 0 saturated carbocycles. The molecule has 0 nitrogen and oxygen atoms in total. The van der Waals surface area contributed by atoms with E-state index in [0.717, 1.165) is 0 Å². The summed E-state index contributed by atoms with van der Waals surface area (Å²) in [5.41, 5.74) is 13.1. The van der Waals surface area contributed by atoms with Gasteiger partial charge >= 0.3 is 0 Å². The second-order valence-electron chi connectivity index (χ2n) is 14.0. The molecule has 0 aliphatic heterocycles. The smallest absolute Gasteiger partial charge is 0.0165 e. The lowest BCUT2D eigenvalue weighted by Gasteiger charge is -2.23. The molecular weight excluding hydrogens is 589 g/mol. The Hall–Kier alpha value is -5.98. The van der Waals surface area contributed by atoms with Gasteiger partial charge in [-0.1, -0.05) is 172 Å². The van der Waals surface area contributed by atoms with Gasteiger partial charge in [-0.25, -0.2) is 0 Å². The molecule has 49 heavy (non-hydrogen) atoms. The summed E-state index contributed by atoms with van der Waals surface area (Å²) in [7, 11) is 0. The van der Waals surface area contributed by atoms with Crippen molar-refractivity contribution in [2.45, 2.75) is 19.3 Å². The molecule has 0 spiro atoms. The third kappa shape index (κ3) is 4.11. The largest absolute Gasteiger partial charge is 0.0622 e. The Morgan fingerprint density at radius 3 is 1.84 bits per heavy atom. The molecule has 9 aromatic rings. The molecule has 10 rings (SSSR count). The van der Waals surface area contributed by atoms with E-state index in [1.54, 1.807) is 0 Å². The van der Waals surface area contributed by atoms with Gasteiger partial charge in [0.25, 0.3) is 0 Å². The van der Waals surface area contributed by atoms with Gasteiger partial charge in [-0.2, -0.15) is 0 Å². The van der Waals surface area contributed by atoms with Crippen molar-refractivity contribution in [3.05, 3.63) is 181 Å². The highest BCUT2D eigenvalue weighted by Crippen LogP contribution is 2.52. The first kappa shape index (κ1) is 28.1. The first-order chi connectivity index (χ1) is 24.1. The Morgan fingerprint density at radius 1 is 0.347 bits per heavy atom. The summed E-state index contributed by atoms with van der Waals surface area (Å²) < 4.78 is 0. The minimum Gasteiger partial charge on any atom is -0.0622 e. The average Bonchev–Trinajstić information content (AvgIpc) is 3.40. The lowest BCUT2D eigenvalue weighted by Crippen LogP contribution is -2.15. The number of benzene rings is 9. The van der Waals surface area contributed by atoms with Crippen LogP contribution in [0.5, 0.6) is 0 Å². The molecule has 0 aromatic heterocycles. The fourth-order valence-electron chi connectivity index (χ4n) is 8.82. The van der Waals surface area contributed by atoms with Gasteiger partial charge < -0.3 is 0 Å². The molecule has 0 bridgehead atoms.